The molecule has 0 bridgehead atoms. The molecule has 0 unspecified atom stereocenters. The van der Waals surface area contributed by atoms with Crippen molar-refractivity contribution < 1.29 is 19.4 Å². The molecule has 0 aromatic heterocycles. The Morgan fingerprint density at radius 3 is 2.55 bits per heavy atom. The quantitative estimate of drug-likeness (QED) is 0.712. The van der Waals surface area contributed by atoms with Crippen LogP contribution in [0.5, 0.6) is 5.75 Å². The third-order valence-electron chi connectivity index (χ3n) is 2.59. The Hall–Kier alpha value is -1.86. The van der Waals surface area contributed by atoms with Crippen LogP contribution in [0, 0.1) is 5.92 Å². The third kappa shape index (κ3) is 5.16. The van der Waals surface area contributed by atoms with Crippen molar-refractivity contribution in [2.24, 2.45) is 5.92 Å². The van der Waals surface area contributed by atoms with Gasteiger partial charge in [-0.25, -0.2) is 4.79 Å². The van der Waals surface area contributed by atoms with Gasteiger partial charge in [-0.05, 0) is 30.3 Å². The Labute approximate surface area is 138 Å². The second-order valence-electron chi connectivity index (χ2n) is 4.94. The van der Waals surface area contributed by atoms with Gasteiger partial charge in [-0.15, -0.1) is 0 Å². The molecule has 1 amide bonds. The van der Waals surface area contributed by atoms with Gasteiger partial charge < -0.3 is 20.5 Å². The first-order chi connectivity index (χ1) is 10.2. The molecule has 6 nitrogen and oxygen atoms in total. The molecule has 1 aromatic carbocycles. The summed E-state index contributed by atoms with van der Waals surface area (Å²) < 4.78 is 5.12. The summed E-state index contributed by atoms with van der Waals surface area (Å²) in [6.45, 7) is 3.82. The van der Waals surface area contributed by atoms with Crippen LogP contribution in [0.15, 0.2) is 12.1 Å². The van der Waals surface area contributed by atoms with Gasteiger partial charge in [0.1, 0.15) is 0 Å². The monoisotopic (exact) mass is 344 g/mol. The van der Waals surface area contributed by atoms with Gasteiger partial charge in [-0.1, -0.05) is 25.4 Å². The Morgan fingerprint density at radius 2 is 2.05 bits per heavy atom. The van der Waals surface area contributed by atoms with E-state index in [1.54, 1.807) is 0 Å². The predicted octanol–water partition coefficient (Wildman–Crippen LogP) is 2.91. The molecule has 0 aliphatic heterocycles. The number of rotatable bonds is 5. The number of anilines is 1. The van der Waals surface area contributed by atoms with Crippen LogP contribution >= 0.6 is 23.8 Å². The zero-order valence-corrected chi connectivity index (χ0v) is 14.0. The second kappa shape index (κ2) is 7.95. The molecule has 0 aliphatic carbocycles. The summed E-state index contributed by atoms with van der Waals surface area (Å²) in [5.74, 6) is -0.927. The van der Waals surface area contributed by atoms with Crippen LogP contribution in [0.25, 0.3) is 0 Å². The molecule has 22 heavy (non-hydrogen) atoms. The van der Waals surface area contributed by atoms with Crippen molar-refractivity contribution in [3.8, 4) is 5.75 Å². The maximum Gasteiger partial charge on any atom is 0.335 e. The number of halogens is 1. The molecular weight excluding hydrogens is 328 g/mol. The Kier molecular flexibility index (Phi) is 6.58. The van der Waals surface area contributed by atoms with Gasteiger partial charge in [0.05, 0.1) is 23.4 Å². The average Bonchev–Trinajstić information content (AvgIpc) is 2.36. The molecule has 1 aromatic rings. The molecule has 120 valence electrons. The number of benzene rings is 1. The standard InChI is InChI=1S/C14H17ClN2O4S/c1-7(2)4-11(18)17-14(22)16-10-6-8(13(19)20)5-9(15)12(10)21-3/h5-7H,4H2,1-3H3,(H,19,20)(H2,16,17,18,22). The van der Waals surface area contributed by atoms with Crippen LogP contribution in [0.4, 0.5) is 5.69 Å². The molecule has 0 atom stereocenters. The number of amides is 1. The van der Waals surface area contributed by atoms with Crippen molar-refractivity contribution in [1.29, 1.82) is 0 Å². The summed E-state index contributed by atoms with van der Waals surface area (Å²) in [6, 6.07) is 2.60. The number of methoxy groups -OCH3 is 1. The van der Waals surface area contributed by atoms with Crippen molar-refractivity contribution in [3.63, 3.8) is 0 Å². The number of ether oxygens (including phenoxy) is 1. The highest BCUT2D eigenvalue weighted by Gasteiger charge is 2.16. The van der Waals surface area contributed by atoms with Gasteiger partial charge in [-0.3, -0.25) is 4.79 Å². The number of carbonyl (C=O) groups excluding carboxylic acids is 1. The number of carboxylic acid groups (broad SMARTS) is 1. The molecule has 0 radical (unpaired) electrons. The maximum absolute atomic E-state index is 11.7. The molecule has 3 N–H and O–H groups in total. The smallest absolute Gasteiger partial charge is 0.335 e. The highest BCUT2D eigenvalue weighted by Crippen LogP contribution is 2.34. The van der Waals surface area contributed by atoms with Gasteiger partial charge in [0.15, 0.2) is 10.9 Å². The summed E-state index contributed by atoms with van der Waals surface area (Å²) in [5, 5.41) is 14.5. The Bertz CT molecular complexity index is 605. The fraction of sp³-hybridized carbons (Fsp3) is 0.357. The lowest BCUT2D eigenvalue weighted by atomic mass is 10.1. The topological polar surface area (TPSA) is 87.7 Å². The summed E-state index contributed by atoms with van der Waals surface area (Å²) >= 11 is 11.0. The first kappa shape index (κ1) is 18.2. The van der Waals surface area contributed by atoms with Crippen LogP contribution in [0.1, 0.15) is 30.6 Å². The van der Waals surface area contributed by atoms with Crippen LogP contribution < -0.4 is 15.4 Å². The van der Waals surface area contributed by atoms with Crippen molar-refractivity contribution >= 4 is 46.5 Å². The maximum atomic E-state index is 11.7. The zero-order valence-electron chi connectivity index (χ0n) is 12.4. The van der Waals surface area contributed by atoms with Crippen LogP contribution in [-0.2, 0) is 4.79 Å². The Morgan fingerprint density at radius 1 is 1.41 bits per heavy atom. The van der Waals surface area contributed by atoms with E-state index in [1.807, 2.05) is 13.8 Å². The first-order valence-electron chi connectivity index (χ1n) is 6.46. The number of carbonyl (C=O) groups is 2. The van der Waals surface area contributed by atoms with E-state index in [0.717, 1.165) is 0 Å². The van der Waals surface area contributed by atoms with Gasteiger partial charge >= 0.3 is 5.97 Å². The van der Waals surface area contributed by atoms with Crippen molar-refractivity contribution in [2.45, 2.75) is 20.3 Å². The number of aromatic carboxylic acids is 1. The number of nitrogens with one attached hydrogen (secondary N) is 2. The van der Waals surface area contributed by atoms with E-state index in [-0.39, 0.29) is 39.0 Å². The highest BCUT2D eigenvalue weighted by molar-refractivity contribution is 7.80. The summed E-state index contributed by atoms with van der Waals surface area (Å²) in [5.41, 5.74) is 0.242. The van der Waals surface area contributed by atoms with E-state index in [2.05, 4.69) is 10.6 Å². The van der Waals surface area contributed by atoms with E-state index in [1.165, 1.54) is 19.2 Å². The minimum Gasteiger partial charge on any atom is -0.493 e. The number of carboxylic acids is 1. The summed E-state index contributed by atoms with van der Waals surface area (Å²) in [7, 11) is 1.40. The molecule has 1 rings (SSSR count). The lowest BCUT2D eigenvalue weighted by Gasteiger charge is -2.15. The van der Waals surface area contributed by atoms with E-state index < -0.39 is 5.97 Å². The zero-order chi connectivity index (χ0) is 16.9. The fourth-order valence-electron chi connectivity index (χ4n) is 1.72. The van der Waals surface area contributed by atoms with E-state index in [0.29, 0.717) is 6.42 Å². The molecule has 8 heteroatoms. The van der Waals surface area contributed by atoms with Gasteiger partial charge in [0.25, 0.3) is 0 Å². The third-order valence-corrected chi connectivity index (χ3v) is 3.07. The molecule has 0 heterocycles. The van der Waals surface area contributed by atoms with Gasteiger partial charge in [-0.2, -0.15) is 0 Å². The average molecular weight is 345 g/mol. The molecular formula is C14H17ClN2O4S. The number of hydrogen-bond acceptors (Lipinski definition) is 4. The normalized spacial score (nSPS) is 10.2. The van der Waals surface area contributed by atoms with E-state index >= 15 is 0 Å². The lowest BCUT2D eigenvalue weighted by Crippen LogP contribution is -2.34. The summed E-state index contributed by atoms with van der Waals surface area (Å²) in [4.78, 5) is 22.7. The van der Waals surface area contributed by atoms with E-state index in [4.69, 9.17) is 33.7 Å². The minimum atomic E-state index is -1.14. The van der Waals surface area contributed by atoms with Crippen LogP contribution in [0.2, 0.25) is 5.02 Å². The molecule has 0 aliphatic rings. The van der Waals surface area contributed by atoms with Crippen LogP contribution in [0.3, 0.4) is 0 Å². The number of hydrogen-bond donors (Lipinski definition) is 3. The second-order valence-corrected chi connectivity index (χ2v) is 5.76. The lowest BCUT2D eigenvalue weighted by molar-refractivity contribution is -0.120. The van der Waals surface area contributed by atoms with Crippen molar-refractivity contribution in [2.75, 3.05) is 12.4 Å². The molecule has 0 fully saturated rings. The molecule has 0 spiro atoms. The van der Waals surface area contributed by atoms with Crippen molar-refractivity contribution in [1.82, 2.24) is 5.32 Å². The Balaban J connectivity index is 2.94. The van der Waals surface area contributed by atoms with Crippen LogP contribution in [-0.4, -0.2) is 29.2 Å². The summed E-state index contributed by atoms with van der Waals surface area (Å²) in [6.07, 6.45) is 0.328. The predicted molar refractivity (Wildman–Crippen MR) is 88.8 cm³/mol. The van der Waals surface area contributed by atoms with Crippen molar-refractivity contribution in [3.05, 3.63) is 22.7 Å². The van der Waals surface area contributed by atoms with Gasteiger partial charge in [0, 0.05) is 6.42 Å². The largest absolute Gasteiger partial charge is 0.493 e. The SMILES string of the molecule is COc1c(Cl)cc(C(=O)O)cc1NC(=S)NC(=O)CC(C)C. The fourth-order valence-corrected chi connectivity index (χ4v) is 2.24. The van der Waals surface area contributed by atoms with Gasteiger partial charge in [0.2, 0.25) is 5.91 Å². The molecule has 0 saturated heterocycles. The number of thiocarbonyl (C=S) groups is 1. The first-order valence-corrected chi connectivity index (χ1v) is 7.24. The molecule has 0 saturated carbocycles. The highest BCUT2D eigenvalue weighted by atomic mass is 35.5. The minimum absolute atomic E-state index is 0.0235. The van der Waals surface area contributed by atoms with E-state index in [9.17, 15) is 9.59 Å².